The Kier molecular flexibility index (Phi) is 4.98. The van der Waals surface area contributed by atoms with Crippen molar-refractivity contribution in [2.45, 2.75) is 9.79 Å². The van der Waals surface area contributed by atoms with E-state index in [9.17, 15) is 31.0 Å². The Labute approximate surface area is 168 Å². The minimum Gasteiger partial charge on any atom is -0.505 e. The fraction of sp³-hybridized carbons (Fsp3) is 0. The van der Waals surface area contributed by atoms with E-state index in [0.29, 0.717) is 6.07 Å². The zero-order valence-electron chi connectivity index (χ0n) is 14.3. The first-order valence-corrected chi connectivity index (χ1v) is 10.4. The van der Waals surface area contributed by atoms with E-state index < -0.39 is 52.2 Å². The Bertz CT molecular complexity index is 1490. The first kappa shape index (κ1) is 20.8. The molecule has 0 unspecified atom stereocenters. The lowest BCUT2D eigenvalue weighted by Crippen LogP contribution is -2.03. The third-order valence-corrected chi connectivity index (χ3v) is 5.55. The predicted octanol–water partition coefficient (Wildman–Crippen LogP) is 1.92. The van der Waals surface area contributed by atoms with Crippen LogP contribution >= 0.6 is 0 Å². The number of rotatable bonds is 4. The Morgan fingerprint density at radius 3 is 2.20 bits per heavy atom. The summed E-state index contributed by atoms with van der Waals surface area (Å²) < 4.78 is 65.8. The Morgan fingerprint density at radius 2 is 1.67 bits per heavy atom. The number of nitriles is 2. The van der Waals surface area contributed by atoms with Crippen molar-refractivity contribution in [3.63, 3.8) is 0 Å². The van der Waals surface area contributed by atoms with Crippen LogP contribution in [0.5, 0.6) is 5.75 Å². The van der Waals surface area contributed by atoms with Gasteiger partial charge in [0.1, 0.15) is 27.6 Å². The fourth-order valence-electron chi connectivity index (χ4n) is 2.55. The van der Waals surface area contributed by atoms with Crippen molar-refractivity contribution in [1.82, 2.24) is 9.97 Å². The van der Waals surface area contributed by atoms with E-state index in [-0.39, 0.29) is 17.3 Å². The van der Waals surface area contributed by atoms with Crippen molar-refractivity contribution in [1.29, 1.82) is 10.5 Å². The van der Waals surface area contributed by atoms with E-state index in [4.69, 9.17) is 10.5 Å². The van der Waals surface area contributed by atoms with Crippen LogP contribution in [0.1, 0.15) is 11.4 Å². The van der Waals surface area contributed by atoms with E-state index in [1.807, 2.05) is 0 Å². The molecule has 13 nitrogen and oxygen atoms in total. The van der Waals surface area contributed by atoms with Crippen LogP contribution in [-0.4, -0.2) is 41.0 Å². The van der Waals surface area contributed by atoms with Gasteiger partial charge in [-0.05, 0) is 12.1 Å². The molecule has 1 heterocycles. The zero-order chi connectivity index (χ0) is 22.3. The molecule has 4 N–H and O–H groups in total. The SMILES string of the molecule is N#Cc1nc(/N=N/c2cc(S(=O)(=O)O)c3cccc(S(=O)(=O)O)c3c2O)[nH]c1C#N. The molecule has 2 aromatic carbocycles. The lowest BCUT2D eigenvalue weighted by Gasteiger charge is -2.11. The molecular weight excluding hydrogens is 440 g/mol. The molecule has 0 radical (unpaired) electrons. The van der Waals surface area contributed by atoms with E-state index in [1.165, 1.54) is 0 Å². The first-order valence-electron chi connectivity index (χ1n) is 7.53. The quantitative estimate of drug-likeness (QED) is 0.334. The van der Waals surface area contributed by atoms with Crippen LogP contribution in [0.25, 0.3) is 10.8 Å². The molecule has 15 heteroatoms. The minimum atomic E-state index is -4.92. The number of phenols is 1. The van der Waals surface area contributed by atoms with Crippen LogP contribution in [0.3, 0.4) is 0 Å². The van der Waals surface area contributed by atoms with Gasteiger partial charge in [0, 0.05) is 10.8 Å². The molecule has 0 bridgehead atoms. The van der Waals surface area contributed by atoms with Crippen molar-refractivity contribution in [2.24, 2.45) is 10.2 Å². The van der Waals surface area contributed by atoms with Crippen LogP contribution < -0.4 is 0 Å². The molecular formula is C15H8N6O7S2. The van der Waals surface area contributed by atoms with Gasteiger partial charge in [0.15, 0.2) is 17.1 Å². The Morgan fingerprint density at radius 1 is 1.00 bits per heavy atom. The van der Waals surface area contributed by atoms with Gasteiger partial charge < -0.3 is 10.1 Å². The number of nitrogens with zero attached hydrogens (tertiary/aromatic N) is 5. The largest absolute Gasteiger partial charge is 0.505 e. The van der Waals surface area contributed by atoms with Crippen LogP contribution in [0.4, 0.5) is 11.6 Å². The summed E-state index contributed by atoms with van der Waals surface area (Å²) in [4.78, 5) is 4.35. The number of hydrogen-bond donors (Lipinski definition) is 4. The molecule has 0 saturated carbocycles. The average Bonchev–Trinajstić information content (AvgIpc) is 3.07. The monoisotopic (exact) mass is 448 g/mol. The van der Waals surface area contributed by atoms with E-state index in [1.54, 1.807) is 12.1 Å². The summed E-state index contributed by atoms with van der Waals surface area (Å²) in [6.07, 6.45) is 0. The van der Waals surface area contributed by atoms with E-state index in [0.717, 1.165) is 18.2 Å². The highest BCUT2D eigenvalue weighted by Gasteiger charge is 2.25. The second-order valence-electron chi connectivity index (χ2n) is 5.58. The van der Waals surface area contributed by atoms with Gasteiger partial charge in [-0.25, -0.2) is 0 Å². The lowest BCUT2D eigenvalue weighted by atomic mass is 10.1. The number of aromatic hydroxyl groups is 1. The summed E-state index contributed by atoms with van der Waals surface area (Å²) in [6.45, 7) is 0. The van der Waals surface area contributed by atoms with Crippen molar-refractivity contribution in [3.05, 3.63) is 35.7 Å². The summed E-state index contributed by atoms with van der Waals surface area (Å²) in [5, 5.41) is 34.3. The topological polar surface area (TPSA) is 230 Å². The number of aromatic nitrogens is 2. The number of benzene rings is 2. The van der Waals surface area contributed by atoms with Crippen molar-refractivity contribution >= 4 is 42.6 Å². The van der Waals surface area contributed by atoms with Gasteiger partial charge in [0.2, 0.25) is 5.95 Å². The standard InChI is InChI=1S/C15H8N6O7S2/c16-5-9-10(6-17)19-15(18-9)21-20-8-4-12(30(26,27)28)7-2-1-3-11(29(23,24)25)13(7)14(8)22/h1-4,22H,(H,18,19)(H,23,24,25)(H,26,27,28)/b21-20+. The lowest BCUT2D eigenvalue weighted by molar-refractivity contribution is 0.472. The van der Waals surface area contributed by atoms with Gasteiger partial charge in [-0.15, -0.1) is 10.2 Å². The summed E-state index contributed by atoms with van der Waals surface area (Å²) in [6, 6.07) is 7.09. The molecule has 0 spiro atoms. The number of azo groups is 1. The highest BCUT2D eigenvalue weighted by molar-refractivity contribution is 7.86. The molecule has 0 amide bonds. The first-order chi connectivity index (χ1) is 14.0. The normalized spacial score (nSPS) is 12.1. The maximum atomic E-state index is 11.8. The Hall–Kier alpha value is -3.89. The van der Waals surface area contributed by atoms with Crippen LogP contribution in [-0.2, 0) is 20.2 Å². The molecule has 0 aliphatic carbocycles. The van der Waals surface area contributed by atoms with E-state index in [2.05, 4.69) is 20.2 Å². The highest BCUT2D eigenvalue weighted by Crippen LogP contribution is 2.42. The van der Waals surface area contributed by atoms with Gasteiger partial charge >= 0.3 is 0 Å². The van der Waals surface area contributed by atoms with Crippen LogP contribution in [0.2, 0.25) is 0 Å². The number of aromatic amines is 1. The zero-order valence-corrected chi connectivity index (χ0v) is 16.0. The predicted molar refractivity (Wildman–Crippen MR) is 97.4 cm³/mol. The van der Waals surface area contributed by atoms with Gasteiger partial charge in [0.05, 0.1) is 0 Å². The van der Waals surface area contributed by atoms with Crippen LogP contribution in [0.15, 0.2) is 44.3 Å². The fourth-order valence-corrected chi connectivity index (χ4v) is 3.98. The maximum absolute atomic E-state index is 11.8. The molecule has 30 heavy (non-hydrogen) atoms. The second kappa shape index (κ2) is 7.17. The van der Waals surface area contributed by atoms with Gasteiger partial charge in [-0.2, -0.15) is 32.3 Å². The van der Waals surface area contributed by atoms with Crippen molar-refractivity contribution < 1.29 is 31.0 Å². The molecule has 0 aliphatic rings. The Balaban J connectivity index is 2.33. The minimum absolute atomic E-state index is 0.221. The van der Waals surface area contributed by atoms with Crippen molar-refractivity contribution in [2.75, 3.05) is 0 Å². The number of H-pyrrole nitrogens is 1. The second-order valence-corrected chi connectivity index (χ2v) is 8.36. The summed E-state index contributed by atoms with van der Waals surface area (Å²) in [5.41, 5.74) is -1.12. The number of nitrogens with one attached hydrogen (secondary N) is 1. The van der Waals surface area contributed by atoms with Gasteiger partial charge in [0.25, 0.3) is 20.2 Å². The number of fused-ring (bicyclic) bond motifs is 1. The third kappa shape index (κ3) is 3.69. The van der Waals surface area contributed by atoms with Gasteiger partial charge in [-0.3, -0.25) is 9.11 Å². The maximum Gasteiger partial charge on any atom is 0.295 e. The molecule has 3 aromatic rings. The molecule has 0 saturated heterocycles. The third-order valence-electron chi connectivity index (χ3n) is 3.76. The van der Waals surface area contributed by atoms with Crippen molar-refractivity contribution in [3.8, 4) is 17.9 Å². The smallest absolute Gasteiger partial charge is 0.295 e. The summed E-state index contributed by atoms with van der Waals surface area (Å²) in [5.74, 6) is -1.22. The molecule has 0 atom stereocenters. The average molecular weight is 448 g/mol. The summed E-state index contributed by atoms with van der Waals surface area (Å²) >= 11 is 0. The van der Waals surface area contributed by atoms with Gasteiger partial charge in [-0.1, -0.05) is 12.1 Å². The molecule has 1 aromatic heterocycles. The number of phenolic OH excluding ortho intramolecular Hbond substituents is 1. The molecule has 152 valence electrons. The molecule has 0 aliphatic heterocycles. The number of imidazole rings is 1. The molecule has 3 rings (SSSR count). The summed E-state index contributed by atoms with van der Waals surface area (Å²) in [7, 11) is -9.83. The molecule has 0 fully saturated rings. The van der Waals surface area contributed by atoms with E-state index >= 15 is 0 Å². The van der Waals surface area contributed by atoms with Crippen LogP contribution in [0, 0.1) is 22.7 Å². The highest BCUT2D eigenvalue weighted by atomic mass is 32.2. The number of hydrogen-bond acceptors (Lipinski definition) is 10.